The molecule has 0 fully saturated rings. The molecule has 0 radical (unpaired) electrons. The molecule has 0 saturated carbocycles. The van der Waals surface area contributed by atoms with Gasteiger partial charge in [-0.2, -0.15) is 0 Å². The van der Waals surface area contributed by atoms with E-state index in [0.29, 0.717) is 21.2 Å². The fraction of sp³-hybridized carbons (Fsp3) is 0.257. The number of aryl methyl sites for hydroxylation is 2. The van der Waals surface area contributed by atoms with Crippen LogP contribution >= 0.6 is 23.2 Å². The fourth-order valence-electron chi connectivity index (χ4n) is 4.97. The minimum Gasteiger partial charge on any atom is -0.352 e. The first-order valence-corrected chi connectivity index (χ1v) is 16.8. The molecule has 0 spiro atoms. The Balaban J connectivity index is 1.84. The molecular formula is C35H37Cl2N3O4S. The van der Waals surface area contributed by atoms with Crippen molar-refractivity contribution in [3.8, 4) is 0 Å². The highest BCUT2D eigenvalue weighted by molar-refractivity contribution is 7.92. The average molecular weight is 667 g/mol. The van der Waals surface area contributed by atoms with Gasteiger partial charge in [-0.05, 0) is 80.8 Å². The van der Waals surface area contributed by atoms with Gasteiger partial charge in [0.15, 0.2) is 0 Å². The number of carbonyl (C=O) groups is 2. The van der Waals surface area contributed by atoms with Crippen LogP contribution in [0.4, 0.5) is 5.69 Å². The molecule has 0 bridgehead atoms. The molecular weight excluding hydrogens is 629 g/mol. The summed E-state index contributed by atoms with van der Waals surface area (Å²) in [6.07, 6.45) is 0.215. The van der Waals surface area contributed by atoms with Gasteiger partial charge in [0.05, 0.1) is 10.6 Å². The Kier molecular flexibility index (Phi) is 11.3. The second kappa shape index (κ2) is 15.0. The third-order valence-corrected chi connectivity index (χ3v) is 9.52. The highest BCUT2D eigenvalue weighted by Crippen LogP contribution is 2.30. The fourth-order valence-corrected chi connectivity index (χ4v) is 6.82. The third-order valence-electron chi connectivity index (χ3n) is 7.27. The molecule has 4 rings (SSSR count). The van der Waals surface area contributed by atoms with E-state index in [1.54, 1.807) is 49.4 Å². The molecule has 0 aromatic heterocycles. The quantitative estimate of drug-likeness (QED) is 0.177. The molecule has 0 aliphatic carbocycles. The number of anilines is 1. The Morgan fingerprint density at radius 3 is 2.09 bits per heavy atom. The van der Waals surface area contributed by atoms with Gasteiger partial charge in [0.1, 0.15) is 12.6 Å². The van der Waals surface area contributed by atoms with Crippen LogP contribution in [0.25, 0.3) is 0 Å². The third kappa shape index (κ3) is 8.87. The van der Waals surface area contributed by atoms with Crippen LogP contribution in [0.3, 0.4) is 0 Å². The van der Waals surface area contributed by atoms with E-state index in [4.69, 9.17) is 23.2 Å². The number of hydrogen-bond acceptors (Lipinski definition) is 4. The molecule has 10 heteroatoms. The second-order valence-corrected chi connectivity index (χ2v) is 14.0. The molecule has 1 N–H and O–H groups in total. The summed E-state index contributed by atoms with van der Waals surface area (Å²) in [5, 5.41) is 3.75. The van der Waals surface area contributed by atoms with E-state index in [1.165, 1.54) is 23.1 Å². The Bertz CT molecular complexity index is 1750. The first kappa shape index (κ1) is 34.0. The van der Waals surface area contributed by atoms with Crippen molar-refractivity contribution >= 4 is 50.7 Å². The summed E-state index contributed by atoms with van der Waals surface area (Å²) in [6.45, 7) is 6.76. The van der Waals surface area contributed by atoms with Gasteiger partial charge in [-0.25, -0.2) is 8.42 Å². The van der Waals surface area contributed by atoms with E-state index < -0.39 is 28.5 Å². The molecule has 0 heterocycles. The largest absolute Gasteiger partial charge is 0.352 e. The van der Waals surface area contributed by atoms with E-state index in [1.807, 2.05) is 57.2 Å². The van der Waals surface area contributed by atoms with Crippen LogP contribution in [0.5, 0.6) is 0 Å². The standard InChI is InChI=1S/C35H37Cl2N3O4S/c1-24(2)38-35(42)33(20-27-9-6-5-7-10-27)39(22-28-11-8-12-29(36)19-28)34(41)23-40(32-21-30(37)16-15-26(32)4)45(43,44)31-17-13-25(3)14-18-31/h5-19,21,24,33H,20,22-23H2,1-4H3,(H,38,42). The lowest BCUT2D eigenvalue weighted by Gasteiger charge is -2.34. The Morgan fingerprint density at radius 2 is 1.44 bits per heavy atom. The highest BCUT2D eigenvalue weighted by atomic mass is 35.5. The molecule has 4 aromatic rings. The lowest BCUT2D eigenvalue weighted by molar-refractivity contribution is -0.140. The van der Waals surface area contributed by atoms with E-state index in [-0.39, 0.29) is 35.5 Å². The average Bonchev–Trinajstić information content (AvgIpc) is 2.99. The topological polar surface area (TPSA) is 86.8 Å². The Morgan fingerprint density at radius 1 is 0.800 bits per heavy atom. The summed E-state index contributed by atoms with van der Waals surface area (Å²) < 4.78 is 29.5. The predicted molar refractivity (Wildman–Crippen MR) is 181 cm³/mol. The summed E-state index contributed by atoms with van der Waals surface area (Å²) in [7, 11) is -4.24. The number of rotatable bonds is 12. The van der Waals surface area contributed by atoms with Gasteiger partial charge >= 0.3 is 0 Å². The monoisotopic (exact) mass is 665 g/mol. The molecule has 4 aromatic carbocycles. The van der Waals surface area contributed by atoms with Crippen molar-refractivity contribution in [3.63, 3.8) is 0 Å². The lowest BCUT2D eigenvalue weighted by Crippen LogP contribution is -2.54. The maximum Gasteiger partial charge on any atom is 0.264 e. The van der Waals surface area contributed by atoms with Crippen LogP contribution in [-0.2, 0) is 32.6 Å². The van der Waals surface area contributed by atoms with Gasteiger partial charge in [0.2, 0.25) is 11.8 Å². The molecule has 7 nitrogen and oxygen atoms in total. The van der Waals surface area contributed by atoms with E-state index >= 15 is 0 Å². The number of nitrogens with zero attached hydrogens (tertiary/aromatic N) is 2. The zero-order valence-corrected chi connectivity index (χ0v) is 28.0. The van der Waals surface area contributed by atoms with Crippen LogP contribution in [0.1, 0.15) is 36.1 Å². The van der Waals surface area contributed by atoms with Crippen LogP contribution < -0.4 is 9.62 Å². The summed E-state index contributed by atoms with van der Waals surface area (Å²) in [6, 6.07) is 26.6. The Hall–Kier alpha value is -3.85. The maximum atomic E-state index is 14.5. The van der Waals surface area contributed by atoms with Gasteiger partial charge in [-0.3, -0.25) is 13.9 Å². The summed E-state index contributed by atoms with van der Waals surface area (Å²) in [5.41, 5.74) is 3.31. The van der Waals surface area contributed by atoms with Crippen molar-refractivity contribution < 1.29 is 18.0 Å². The lowest BCUT2D eigenvalue weighted by atomic mass is 10.0. The smallest absolute Gasteiger partial charge is 0.264 e. The number of halogens is 2. The highest BCUT2D eigenvalue weighted by Gasteiger charge is 2.35. The normalized spacial score (nSPS) is 12.1. The first-order chi connectivity index (χ1) is 21.3. The minimum absolute atomic E-state index is 0.0232. The summed E-state index contributed by atoms with van der Waals surface area (Å²) in [5.74, 6) is -0.916. The molecule has 0 aliphatic heterocycles. The van der Waals surface area contributed by atoms with Crippen LogP contribution in [-0.4, -0.2) is 43.8 Å². The van der Waals surface area contributed by atoms with E-state index in [0.717, 1.165) is 15.4 Å². The molecule has 45 heavy (non-hydrogen) atoms. The number of sulfonamides is 1. The van der Waals surface area contributed by atoms with Gasteiger partial charge in [-0.1, -0.05) is 89.4 Å². The van der Waals surface area contributed by atoms with Crippen molar-refractivity contribution in [1.82, 2.24) is 10.2 Å². The van der Waals surface area contributed by atoms with E-state index in [2.05, 4.69) is 5.32 Å². The van der Waals surface area contributed by atoms with Gasteiger partial charge in [-0.15, -0.1) is 0 Å². The minimum atomic E-state index is -4.24. The first-order valence-electron chi connectivity index (χ1n) is 14.6. The van der Waals surface area contributed by atoms with Crippen molar-refractivity contribution in [3.05, 3.63) is 129 Å². The van der Waals surface area contributed by atoms with Crippen molar-refractivity contribution in [2.75, 3.05) is 10.8 Å². The van der Waals surface area contributed by atoms with Gasteiger partial charge in [0, 0.05) is 29.1 Å². The number of amides is 2. The zero-order chi connectivity index (χ0) is 32.7. The van der Waals surface area contributed by atoms with Gasteiger partial charge < -0.3 is 10.2 Å². The maximum absolute atomic E-state index is 14.5. The number of benzene rings is 4. The molecule has 0 saturated heterocycles. The SMILES string of the molecule is Cc1ccc(S(=O)(=O)N(CC(=O)N(Cc2cccc(Cl)c2)C(Cc2ccccc2)C(=O)NC(C)C)c2cc(Cl)ccc2C)cc1. The van der Waals surface area contributed by atoms with Crippen LogP contribution in [0.15, 0.2) is 102 Å². The molecule has 1 unspecified atom stereocenters. The zero-order valence-electron chi connectivity index (χ0n) is 25.7. The molecule has 2 amide bonds. The van der Waals surface area contributed by atoms with Gasteiger partial charge in [0.25, 0.3) is 10.0 Å². The number of hydrogen-bond donors (Lipinski definition) is 1. The van der Waals surface area contributed by atoms with E-state index in [9.17, 15) is 18.0 Å². The van der Waals surface area contributed by atoms with Crippen molar-refractivity contribution in [1.29, 1.82) is 0 Å². The molecule has 236 valence electrons. The van der Waals surface area contributed by atoms with Crippen molar-refractivity contribution in [2.24, 2.45) is 0 Å². The number of carbonyl (C=O) groups excluding carboxylic acids is 2. The predicted octanol–water partition coefficient (Wildman–Crippen LogP) is 6.97. The Labute approximate surface area is 275 Å². The summed E-state index contributed by atoms with van der Waals surface area (Å²) >= 11 is 12.6. The second-order valence-electron chi connectivity index (χ2n) is 11.3. The van der Waals surface area contributed by atoms with Crippen LogP contribution in [0, 0.1) is 13.8 Å². The molecule has 1 atom stereocenters. The van der Waals surface area contributed by atoms with Crippen LogP contribution in [0.2, 0.25) is 10.0 Å². The number of nitrogens with one attached hydrogen (secondary N) is 1. The van der Waals surface area contributed by atoms with Crippen molar-refractivity contribution in [2.45, 2.75) is 57.6 Å². The molecule has 0 aliphatic rings. The summed E-state index contributed by atoms with van der Waals surface area (Å²) in [4.78, 5) is 29.8.